The molecule has 2 aromatic rings. The lowest BCUT2D eigenvalue weighted by Gasteiger charge is -2.35. The van der Waals surface area contributed by atoms with E-state index in [9.17, 15) is 19.1 Å². The molecule has 1 aliphatic carbocycles. The first-order valence-corrected chi connectivity index (χ1v) is 11.6. The third-order valence-corrected chi connectivity index (χ3v) is 6.43. The number of anilines is 1. The Bertz CT molecular complexity index is 993. The van der Waals surface area contributed by atoms with Crippen LogP contribution in [-0.4, -0.2) is 47.3 Å². The Morgan fingerprint density at radius 2 is 2.06 bits per heavy atom. The van der Waals surface area contributed by atoms with Crippen molar-refractivity contribution >= 4 is 17.7 Å². The summed E-state index contributed by atoms with van der Waals surface area (Å²) in [5.74, 6) is -0.977. The highest BCUT2D eigenvalue weighted by Crippen LogP contribution is 2.34. The number of rotatable bonds is 10. The van der Waals surface area contributed by atoms with Crippen molar-refractivity contribution in [1.82, 2.24) is 10.3 Å². The number of carbonyl (C=O) groups excluding carboxylic acids is 1. The van der Waals surface area contributed by atoms with Gasteiger partial charge in [0.15, 0.2) is 0 Å². The number of nitrogens with one attached hydrogen (secondary N) is 2. The Labute approximate surface area is 192 Å². The number of hydrogen-bond donors (Lipinski definition) is 3. The van der Waals surface area contributed by atoms with E-state index in [0.29, 0.717) is 5.92 Å². The summed E-state index contributed by atoms with van der Waals surface area (Å²) >= 11 is 0. The summed E-state index contributed by atoms with van der Waals surface area (Å²) in [7, 11) is 0. The highest BCUT2D eigenvalue weighted by molar-refractivity contribution is 5.96. The summed E-state index contributed by atoms with van der Waals surface area (Å²) in [6.07, 6.45) is 6.38. The molecule has 1 unspecified atom stereocenters. The first-order chi connectivity index (χ1) is 16.0. The number of aliphatic carboxylic acids is 1. The molecule has 7 nitrogen and oxygen atoms in total. The first kappa shape index (κ1) is 23.2. The van der Waals surface area contributed by atoms with Crippen LogP contribution >= 0.6 is 0 Å². The van der Waals surface area contributed by atoms with Crippen molar-refractivity contribution in [3.63, 3.8) is 0 Å². The van der Waals surface area contributed by atoms with Gasteiger partial charge >= 0.3 is 5.97 Å². The molecule has 0 saturated heterocycles. The van der Waals surface area contributed by atoms with E-state index in [1.807, 2.05) is 0 Å². The lowest BCUT2D eigenvalue weighted by atomic mass is 9.79. The van der Waals surface area contributed by atoms with Crippen molar-refractivity contribution in [2.24, 2.45) is 5.92 Å². The monoisotopic (exact) mass is 455 g/mol. The van der Waals surface area contributed by atoms with Gasteiger partial charge in [-0.3, -0.25) is 4.79 Å². The van der Waals surface area contributed by atoms with Crippen LogP contribution in [0.5, 0.6) is 0 Å². The topological polar surface area (TPSA) is 101 Å². The quantitative estimate of drug-likeness (QED) is 0.506. The molecule has 1 saturated carbocycles. The second-order valence-electron chi connectivity index (χ2n) is 8.84. The number of fused-ring (bicyclic) bond motifs is 1. The molecule has 33 heavy (non-hydrogen) atoms. The molecule has 0 radical (unpaired) electrons. The zero-order chi connectivity index (χ0) is 23.2. The summed E-state index contributed by atoms with van der Waals surface area (Å²) in [5.41, 5.74) is 2.24. The maximum Gasteiger partial charge on any atom is 0.326 e. The van der Waals surface area contributed by atoms with Gasteiger partial charge in [0.25, 0.3) is 5.91 Å². The van der Waals surface area contributed by atoms with Gasteiger partial charge in [0.2, 0.25) is 0 Å². The Balaban J connectivity index is 1.15. The molecular formula is C25H30FN3O4. The number of amides is 1. The predicted molar refractivity (Wildman–Crippen MR) is 122 cm³/mol. The molecule has 2 aliphatic rings. The first-order valence-electron chi connectivity index (χ1n) is 11.6. The van der Waals surface area contributed by atoms with Crippen molar-refractivity contribution in [3.8, 4) is 0 Å². The van der Waals surface area contributed by atoms with E-state index >= 15 is 0 Å². The molecule has 8 heteroatoms. The van der Waals surface area contributed by atoms with Gasteiger partial charge in [-0.2, -0.15) is 0 Å². The average Bonchev–Trinajstić information content (AvgIpc) is 2.79. The number of halogens is 1. The van der Waals surface area contributed by atoms with Crippen LogP contribution in [0, 0.1) is 11.7 Å². The SMILES string of the molecule is O=C(NC(CCOC1CC(CCc2ccc3c(n2)NCCC3)C1)C(=O)O)c1ccccc1F. The summed E-state index contributed by atoms with van der Waals surface area (Å²) in [5, 5.41) is 15.1. The van der Waals surface area contributed by atoms with Crippen molar-refractivity contribution < 1.29 is 23.8 Å². The van der Waals surface area contributed by atoms with Crippen LogP contribution in [0.25, 0.3) is 0 Å². The second kappa shape index (κ2) is 10.7. The molecule has 3 N–H and O–H groups in total. The van der Waals surface area contributed by atoms with Gasteiger partial charge in [0, 0.05) is 25.3 Å². The largest absolute Gasteiger partial charge is 0.480 e. The predicted octanol–water partition coefficient (Wildman–Crippen LogP) is 3.58. The fourth-order valence-electron chi connectivity index (χ4n) is 4.40. The van der Waals surface area contributed by atoms with E-state index in [0.717, 1.165) is 56.6 Å². The van der Waals surface area contributed by atoms with Gasteiger partial charge < -0.3 is 20.5 Å². The van der Waals surface area contributed by atoms with Crippen LogP contribution < -0.4 is 10.6 Å². The maximum atomic E-state index is 13.7. The van der Waals surface area contributed by atoms with Gasteiger partial charge in [0.1, 0.15) is 17.7 Å². The lowest BCUT2D eigenvalue weighted by Crippen LogP contribution is -2.42. The smallest absolute Gasteiger partial charge is 0.326 e. The zero-order valence-corrected chi connectivity index (χ0v) is 18.6. The fraction of sp³-hybridized carbons (Fsp3) is 0.480. The minimum absolute atomic E-state index is 0.116. The van der Waals surface area contributed by atoms with Gasteiger partial charge in [-0.05, 0) is 68.2 Å². The minimum atomic E-state index is -1.16. The fourth-order valence-corrected chi connectivity index (χ4v) is 4.40. The van der Waals surface area contributed by atoms with E-state index < -0.39 is 23.7 Å². The summed E-state index contributed by atoms with van der Waals surface area (Å²) in [6.45, 7) is 1.21. The number of ether oxygens (including phenoxy) is 1. The van der Waals surface area contributed by atoms with Crippen molar-refractivity contribution in [2.45, 2.75) is 57.1 Å². The van der Waals surface area contributed by atoms with Crippen molar-refractivity contribution in [1.29, 1.82) is 0 Å². The molecule has 1 fully saturated rings. The van der Waals surface area contributed by atoms with Crippen LogP contribution in [0.1, 0.15) is 53.7 Å². The number of aryl methyl sites for hydroxylation is 2. The van der Waals surface area contributed by atoms with Crippen LogP contribution in [0.4, 0.5) is 10.2 Å². The molecule has 1 aliphatic heterocycles. The van der Waals surface area contributed by atoms with Gasteiger partial charge in [-0.1, -0.05) is 18.2 Å². The number of benzene rings is 1. The van der Waals surface area contributed by atoms with E-state index in [2.05, 4.69) is 22.8 Å². The van der Waals surface area contributed by atoms with Crippen LogP contribution in [0.15, 0.2) is 36.4 Å². The number of nitrogens with zero attached hydrogens (tertiary/aromatic N) is 1. The zero-order valence-electron chi connectivity index (χ0n) is 18.6. The Kier molecular flexibility index (Phi) is 7.54. The Morgan fingerprint density at radius 1 is 1.24 bits per heavy atom. The highest BCUT2D eigenvalue weighted by Gasteiger charge is 2.30. The molecule has 0 bridgehead atoms. The highest BCUT2D eigenvalue weighted by atomic mass is 19.1. The minimum Gasteiger partial charge on any atom is -0.480 e. The standard InChI is InChI=1S/C25H30FN3O4/c26-21-6-2-1-5-20(21)24(30)29-22(25(31)32)11-13-33-19-14-16(15-19)7-9-18-10-8-17-4-3-12-27-23(17)28-18/h1-2,5-6,8,10,16,19,22H,3-4,7,9,11-15H2,(H,27,28)(H,29,30)(H,31,32). The summed E-state index contributed by atoms with van der Waals surface area (Å²) in [4.78, 5) is 28.4. The molecule has 4 rings (SSSR count). The van der Waals surface area contributed by atoms with E-state index in [4.69, 9.17) is 9.72 Å². The number of hydrogen-bond acceptors (Lipinski definition) is 5. The normalized spacial score (nSPS) is 20.2. The third-order valence-electron chi connectivity index (χ3n) is 6.43. The average molecular weight is 456 g/mol. The number of carboxylic acids is 1. The van der Waals surface area contributed by atoms with Crippen LogP contribution in [-0.2, 0) is 22.4 Å². The number of carboxylic acid groups (broad SMARTS) is 1. The second-order valence-corrected chi connectivity index (χ2v) is 8.84. The summed E-state index contributed by atoms with van der Waals surface area (Å²) < 4.78 is 19.6. The van der Waals surface area contributed by atoms with Gasteiger partial charge in [-0.25, -0.2) is 14.2 Å². The molecule has 2 heterocycles. The van der Waals surface area contributed by atoms with Gasteiger partial charge in [0.05, 0.1) is 11.7 Å². The van der Waals surface area contributed by atoms with Gasteiger partial charge in [-0.15, -0.1) is 0 Å². The molecule has 1 atom stereocenters. The number of pyridine rings is 1. The molecule has 1 amide bonds. The Hall–Kier alpha value is -3.00. The van der Waals surface area contributed by atoms with Crippen LogP contribution in [0.3, 0.4) is 0 Å². The molecule has 1 aromatic carbocycles. The molecule has 176 valence electrons. The van der Waals surface area contributed by atoms with Crippen LogP contribution in [0.2, 0.25) is 0 Å². The third kappa shape index (κ3) is 6.07. The molecule has 1 aromatic heterocycles. The summed E-state index contributed by atoms with van der Waals surface area (Å²) in [6, 6.07) is 8.67. The van der Waals surface area contributed by atoms with E-state index in [1.54, 1.807) is 0 Å². The molecule has 0 spiro atoms. The van der Waals surface area contributed by atoms with E-state index in [-0.39, 0.29) is 24.7 Å². The van der Waals surface area contributed by atoms with Crippen molar-refractivity contribution in [2.75, 3.05) is 18.5 Å². The maximum absolute atomic E-state index is 13.7. The lowest BCUT2D eigenvalue weighted by molar-refractivity contribution is -0.140. The van der Waals surface area contributed by atoms with E-state index in [1.165, 1.54) is 29.8 Å². The number of aromatic nitrogens is 1. The number of carbonyl (C=O) groups is 2. The Morgan fingerprint density at radius 3 is 2.85 bits per heavy atom. The molecular weight excluding hydrogens is 425 g/mol. The van der Waals surface area contributed by atoms with Crippen molar-refractivity contribution in [3.05, 3.63) is 59.0 Å².